The number of nitrogens with zero attached hydrogens (tertiary/aromatic N) is 6. The Hall–Kier alpha value is -2.94. The van der Waals surface area contributed by atoms with Gasteiger partial charge in [0, 0.05) is 37.2 Å². The van der Waals surface area contributed by atoms with Crippen LogP contribution >= 0.6 is 11.8 Å². The zero-order chi connectivity index (χ0) is 17.8. The molecule has 0 atom stereocenters. The summed E-state index contributed by atoms with van der Waals surface area (Å²) in [5.74, 6) is 3.52. The van der Waals surface area contributed by atoms with Crippen LogP contribution in [0, 0.1) is 0 Å². The van der Waals surface area contributed by atoms with Gasteiger partial charge in [0.15, 0.2) is 16.7 Å². The molecule has 4 aromatic rings. The van der Waals surface area contributed by atoms with Crippen LogP contribution in [0.25, 0.3) is 23.0 Å². The molecule has 4 aromatic heterocycles. The second-order valence-corrected chi connectivity index (χ2v) is 6.60. The van der Waals surface area contributed by atoms with E-state index in [1.165, 1.54) is 0 Å². The number of aromatic nitrogens is 6. The monoisotopic (exact) mass is 368 g/mol. The Morgan fingerprint density at radius 3 is 2.85 bits per heavy atom. The molecule has 9 heteroatoms. The van der Waals surface area contributed by atoms with E-state index in [9.17, 15) is 0 Å². The molecule has 0 aliphatic rings. The number of hydrogen-bond acceptors (Lipinski definition) is 8. The highest BCUT2D eigenvalue weighted by atomic mass is 32.2. The lowest BCUT2D eigenvalue weighted by Gasteiger charge is -2.01. The molecule has 4 rings (SSSR count). The van der Waals surface area contributed by atoms with E-state index in [0.717, 1.165) is 28.7 Å². The number of hydrogen-bond donors (Lipinski definition) is 0. The van der Waals surface area contributed by atoms with Crippen molar-refractivity contribution in [3.05, 3.63) is 48.8 Å². The summed E-state index contributed by atoms with van der Waals surface area (Å²) in [6, 6.07) is 7.42. The van der Waals surface area contributed by atoms with Gasteiger partial charge >= 0.3 is 0 Å². The van der Waals surface area contributed by atoms with Crippen LogP contribution in [0.3, 0.4) is 0 Å². The second-order valence-electron chi connectivity index (χ2n) is 5.54. The third kappa shape index (κ3) is 3.52. The molecule has 0 aromatic carbocycles. The van der Waals surface area contributed by atoms with E-state index in [2.05, 4.69) is 25.3 Å². The Balaban J connectivity index is 1.30. The van der Waals surface area contributed by atoms with Crippen LogP contribution in [0.4, 0.5) is 0 Å². The van der Waals surface area contributed by atoms with Gasteiger partial charge in [0.05, 0.1) is 6.26 Å². The molecule has 8 nitrogen and oxygen atoms in total. The first-order valence-corrected chi connectivity index (χ1v) is 9.09. The summed E-state index contributed by atoms with van der Waals surface area (Å²) in [4.78, 5) is 8.40. The maximum atomic E-state index is 5.37. The Kier molecular flexibility index (Phi) is 4.78. The van der Waals surface area contributed by atoms with Crippen molar-refractivity contribution in [2.45, 2.75) is 18.0 Å². The topological polar surface area (TPSA) is 95.7 Å². The van der Waals surface area contributed by atoms with Crippen molar-refractivity contribution in [3.63, 3.8) is 0 Å². The SMILES string of the molecule is Cn1c(SCCCc2nc(-c3ccncc3)no2)nnc1-c1ccco1. The molecule has 132 valence electrons. The minimum Gasteiger partial charge on any atom is -0.461 e. The number of pyridine rings is 1. The highest BCUT2D eigenvalue weighted by molar-refractivity contribution is 7.99. The minimum absolute atomic E-state index is 0.589. The first-order chi connectivity index (χ1) is 12.8. The Morgan fingerprint density at radius 1 is 1.15 bits per heavy atom. The van der Waals surface area contributed by atoms with Crippen molar-refractivity contribution in [2.24, 2.45) is 7.05 Å². The molecule has 0 saturated carbocycles. The van der Waals surface area contributed by atoms with Gasteiger partial charge in [-0.2, -0.15) is 4.98 Å². The Bertz CT molecular complexity index is 964. The average Bonchev–Trinajstić information content (AvgIpc) is 3.41. The molecule has 0 N–H and O–H groups in total. The molecule has 0 saturated heterocycles. The van der Waals surface area contributed by atoms with E-state index in [1.54, 1.807) is 30.4 Å². The van der Waals surface area contributed by atoms with Crippen LogP contribution in [-0.2, 0) is 13.5 Å². The van der Waals surface area contributed by atoms with Crippen molar-refractivity contribution in [2.75, 3.05) is 5.75 Å². The molecule has 4 heterocycles. The zero-order valence-corrected chi connectivity index (χ0v) is 14.9. The number of rotatable bonds is 7. The lowest BCUT2D eigenvalue weighted by Crippen LogP contribution is -1.95. The van der Waals surface area contributed by atoms with E-state index in [0.29, 0.717) is 23.9 Å². The predicted octanol–water partition coefficient (Wildman–Crippen LogP) is 3.25. The summed E-state index contributed by atoms with van der Waals surface area (Å²) in [6.07, 6.45) is 6.65. The molecule has 0 aliphatic carbocycles. The Morgan fingerprint density at radius 2 is 2.04 bits per heavy atom. The lowest BCUT2D eigenvalue weighted by molar-refractivity contribution is 0.378. The van der Waals surface area contributed by atoms with Gasteiger partial charge in [-0.1, -0.05) is 16.9 Å². The first-order valence-electron chi connectivity index (χ1n) is 8.10. The maximum Gasteiger partial charge on any atom is 0.226 e. The van der Waals surface area contributed by atoms with Crippen LogP contribution in [0.1, 0.15) is 12.3 Å². The van der Waals surface area contributed by atoms with Gasteiger partial charge in [-0.05, 0) is 30.7 Å². The number of furan rings is 1. The standard InChI is InChI=1S/C17H16N6O2S/c1-23-16(13-4-2-10-24-13)20-21-17(23)26-11-3-5-14-19-15(22-25-14)12-6-8-18-9-7-12/h2,4,6-10H,3,5,11H2,1H3. The largest absolute Gasteiger partial charge is 0.461 e. The summed E-state index contributed by atoms with van der Waals surface area (Å²) in [5, 5.41) is 13.3. The van der Waals surface area contributed by atoms with Crippen LogP contribution in [-0.4, -0.2) is 35.6 Å². The van der Waals surface area contributed by atoms with Crippen LogP contribution < -0.4 is 0 Å². The van der Waals surface area contributed by atoms with E-state index in [4.69, 9.17) is 8.94 Å². The molecule has 26 heavy (non-hydrogen) atoms. The van der Waals surface area contributed by atoms with Gasteiger partial charge in [0.1, 0.15) is 0 Å². The first kappa shape index (κ1) is 16.5. The molecule has 0 amide bonds. The van der Waals surface area contributed by atoms with Gasteiger partial charge < -0.3 is 13.5 Å². The van der Waals surface area contributed by atoms with Crippen molar-refractivity contribution >= 4 is 11.8 Å². The smallest absolute Gasteiger partial charge is 0.226 e. The van der Waals surface area contributed by atoms with Crippen LogP contribution in [0.15, 0.2) is 57.0 Å². The summed E-state index contributed by atoms with van der Waals surface area (Å²) in [5.41, 5.74) is 0.897. The second kappa shape index (κ2) is 7.52. The summed E-state index contributed by atoms with van der Waals surface area (Å²) < 4.78 is 12.6. The molecule has 0 spiro atoms. The normalized spacial score (nSPS) is 11.1. The van der Waals surface area contributed by atoms with Gasteiger partial charge in [0.25, 0.3) is 0 Å². The minimum atomic E-state index is 0.589. The van der Waals surface area contributed by atoms with E-state index in [-0.39, 0.29) is 0 Å². The zero-order valence-electron chi connectivity index (χ0n) is 14.1. The quantitative estimate of drug-likeness (QED) is 0.362. The molecule has 0 aliphatic heterocycles. The highest BCUT2D eigenvalue weighted by Gasteiger charge is 2.13. The van der Waals surface area contributed by atoms with Gasteiger partial charge in [-0.25, -0.2) is 0 Å². The lowest BCUT2D eigenvalue weighted by atomic mass is 10.2. The van der Waals surface area contributed by atoms with Crippen molar-refractivity contribution in [1.82, 2.24) is 29.9 Å². The van der Waals surface area contributed by atoms with E-state index >= 15 is 0 Å². The van der Waals surface area contributed by atoms with Crippen LogP contribution in [0.2, 0.25) is 0 Å². The number of thioether (sulfide) groups is 1. The van der Waals surface area contributed by atoms with Gasteiger partial charge in [-0.3, -0.25) is 4.98 Å². The third-order valence-corrected chi connectivity index (χ3v) is 4.86. The highest BCUT2D eigenvalue weighted by Crippen LogP contribution is 2.23. The van der Waals surface area contributed by atoms with Crippen molar-refractivity contribution < 1.29 is 8.94 Å². The molecule has 0 radical (unpaired) electrons. The molecular weight excluding hydrogens is 352 g/mol. The molecule has 0 fully saturated rings. The fraction of sp³-hybridized carbons (Fsp3) is 0.235. The van der Waals surface area contributed by atoms with Crippen molar-refractivity contribution in [3.8, 4) is 23.0 Å². The fourth-order valence-electron chi connectivity index (χ4n) is 2.42. The summed E-state index contributed by atoms with van der Waals surface area (Å²) in [6.45, 7) is 0. The van der Waals surface area contributed by atoms with Crippen molar-refractivity contribution in [1.29, 1.82) is 0 Å². The van der Waals surface area contributed by atoms with Gasteiger partial charge in [-0.15, -0.1) is 10.2 Å². The Labute approximate surface area is 153 Å². The molecule has 0 unspecified atom stereocenters. The average molecular weight is 368 g/mol. The van der Waals surface area contributed by atoms with E-state index in [1.807, 2.05) is 35.9 Å². The molecular formula is C17H16N6O2S. The summed E-state index contributed by atoms with van der Waals surface area (Å²) in [7, 11) is 1.93. The predicted molar refractivity (Wildman–Crippen MR) is 95.3 cm³/mol. The summed E-state index contributed by atoms with van der Waals surface area (Å²) >= 11 is 1.64. The fourth-order valence-corrected chi connectivity index (χ4v) is 3.27. The van der Waals surface area contributed by atoms with Gasteiger partial charge in [0.2, 0.25) is 11.7 Å². The number of aryl methyl sites for hydroxylation is 1. The van der Waals surface area contributed by atoms with Crippen LogP contribution in [0.5, 0.6) is 0 Å². The maximum absolute atomic E-state index is 5.37. The van der Waals surface area contributed by atoms with E-state index < -0.39 is 0 Å². The third-order valence-electron chi connectivity index (χ3n) is 3.75. The molecule has 0 bridgehead atoms.